The third kappa shape index (κ3) is 12.6. The topological polar surface area (TPSA) is 40.4 Å². The van der Waals surface area contributed by atoms with Crippen LogP contribution in [0.1, 0.15) is 124 Å². The Morgan fingerprint density at radius 2 is 0.950 bits per heavy atom. The molecule has 0 heterocycles. The summed E-state index contributed by atoms with van der Waals surface area (Å²) in [6.07, 6.45) is 2.19. The second-order valence-electron chi connectivity index (χ2n) is 13.8. The van der Waals surface area contributed by atoms with E-state index in [4.69, 9.17) is 4.99 Å². The molecule has 1 N–H and O–H groups in total. The van der Waals surface area contributed by atoms with Gasteiger partial charge >= 0.3 is 5.96 Å². The summed E-state index contributed by atoms with van der Waals surface area (Å²) in [5.41, 5.74) is 0. The molecule has 0 bridgehead atoms. The van der Waals surface area contributed by atoms with E-state index in [0.717, 1.165) is 45.0 Å². The predicted octanol–water partition coefficient (Wildman–Crippen LogP) is 6.19. The highest BCUT2D eigenvalue weighted by atomic mass is 15.4. The van der Waals surface area contributed by atoms with E-state index in [-0.39, 0.29) is 0 Å². The molecular weight excluding hydrogens is 494 g/mol. The molecule has 40 heavy (non-hydrogen) atoms. The van der Waals surface area contributed by atoms with Crippen LogP contribution in [0.15, 0.2) is 4.99 Å². The summed E-state index contributed by atoms with van der Waals surface area (Å²) in [4.78, 5) is 15.2. The van der Waals surface area contributed by atoms with Crippen LogP contribution in [0.25, 0.3) is 0 Å². The Bertz CT molecular complexity index is 679. The summed E-state index contributed by atoms with van der Waals surface area (Å²) in [7, 11) is 2.25. The SMILES string of the molecule is CC(C)N(C(=NCCCN(C)CCCNC(N(C(C)C)C(C)C)=[N+](C(C)C)C(C)C)N(C(C)C)C(C)C)C(C)C. The van der Waals surface area contributed by atoms with Crippen molar-refractivity contribution in [3.8, 4) is 0 Å². The molecule has 0 rings (SSSR count). The minimum Gasteiger partial charge on any atom is -0.338 e. The summed E-state index contributed by atoms with van der Waals surface area (Å²) in [5.74, 6) is 2.43. The van der Waals surface area contributed by atoms with E-state index in [1.54, 1.807) is 0 Å². The summed E-state index contributed by atoms with van der Waals surface area (Å²) >= 11 is 0. The van der Waals surface area contributed by atoms with Crippen LogP contribution in [-0.2, 0) is 0 Å². The molecule has 7 nitrogen and oxygen atoms in total. The van der Waals surface area contributed by atoms with Crippen molar-refractivity contribution in [1.29, 1.82) is 0 Å². The van der Waals surface area contributed by atoms with Gasteiger partial charge in [0.15, 0.2) is 5.96 Å². The molecule has 0 fully saturated rings. The Balaban J connectivity index is 5.33. The second-order valence-corrected chi connectivity index (χ2v) is 13.8. The van der Waals surface area contributed by atoms with E-state index in [1.807, 2.05) is 0 Å². The molecule has 0 saturated heterocycles. The van der Waals surface area contributed by atoms with E-state index >= 15 is 0 Å². The van der Waals surface area contributed by atoms with Crippen LogP contribution >= 0.6 is 0 Å². The average molecular weight is 567 g/mol. The Labute approximate surface area is 251 Å². The Morgan fingerprint density at radius 1 is 0.575 bits per heavy atom. The quantitative estimate of drug-likeness (QED) is 0.104. The molecule has 0 aliphatic heterocycles. The van der Waals surface area contributed by atoms with Gasteiger partial charge in [-0.15, -0.1) is 0 Å². The van der Waals surface area contributed by atoms with Crippen LogP contribution in [0.4, 0.5) is 0 Å². The number of nitrogens with zero attached hydrogens (tertiary/aromatic N) is 6. The number of hydrogen-bond acceptors (Lipinski definition) is 2. The third-order valence-electron chi connectivity index (χ3n) is 7.35. The van der Waals surface area contributed by atoms with E-state index in [1.165, 1.54) is 5.96 Å². The van der Waals surface area contributed by atoms with Gasteiger partial charge in [0.05, 0.1) is 30.7 Å². The first-order valence-corrected chi connectivity index (χ1v) is 16.4. The zero-order valence-electron chi connectivity index (χ0n) is 30.0. The second kappa shape index (κ2) is 18.8. The molecule has 0 aromatic carbocycles. The maximum absolute atomic E-state index is 5.22. The first-order valence-electron chi connectivity index (χ1n) is 16.4. The molecule has 0 aromatic rings. The smallest absolute Gasteiger partial charge is 0.338 e. The minimum absolute atomic E-state index is 0.417. The molecular formula is C33H72N7+. The normalized spacial score (nSPS) is 12.2. The first-order chi connectivity index (χ1) is 18.4. The van der Waals surface area contributed by atoms with Crippen molar-refractivity contribution in [3.05, 3.63) is 0 Å². The van der Waals surface area contributed by atoms with E-state index in [9.17, 15) is 0 Å². The van der Waals surface area contributed by atoms with Gasteiger partial charge in [0.1, 0.15) is 0 Å². The lowest BCUT2D eigenvalue weighted by Gasteiger charge is -2.43. The van der Waals surface area contributed by atoms with E-state index in [0.29, 0.717) is 48.3 Å². The fraction of sp³-hybridized carbons (Fsp3) is 0.939. The van der Waals surface area contributed by atoms with Crippen LogP contribution < -0.4 is 5.32 Å². The lowest BCUT2D eigenvalue weighted by atomic mass is 10.2. The van der Waals surface area contributed by atoms with Crippen molar-refractivity contribution in [2.24, 2.45) is 4.99 Å². The van der Waals surface area contributed by atoms with Gasteiger partial charge in [-0.05, 0) is 137 Å². The summed E-state index contributed by atoms with van der Waals surface area (Å²) in [6.45, 7) is 40.6. The standard InChI is InChI=1S/C33H71N7/c1-24(2)37(25(3)4)32(38(26(5)6)27(7)8)34-20-18-22-36(17)23-19-21-35-33(39(28(9)10)29(11)12)40(30(13)14)31(15)16/h24-31H,18-23H2,1-17H3/p+1. The lowest BCUT2D eigenvalue weighted by Crippen LogP contribution is -2.56. The molecule has 0 aliphatic carbocycles. The summed E-state index contributed by atoms with van der Waals surface area (Å²) in [5, 5.41) is 3.86. The van der Waals surface area contributed by atoms with Gasteiger partial charge in [-0.1, -0.05) is 0 Å². The fourth-order valence-corrected chi connectivity index (χ4v) is 6.08. The van der Waals surface area contributed by atoms with Gasteiger partial charge in [0.25, 0.3) is 0 Å². The molecule has 0 unspecified atom stereocenters. The molecule has 0 aliphatic rings. The van der Waals surface area contributed by atoms with E-state index < -0.39 is 0 Å². The number of aliphatic imine (C=N–C) groups is 1. The molecule has 0 saturated carbocycles. The Morgan fingerprint density at radius 3 is 1.30 bits per heavy atom. The zero-order valence-corrected chi connectivity index (χ0v) is 30.0. The monoisotopic (exact) mass is 567 g/mol. The maximum atomic E-state index is 5.22. The van der Waals surface area contributed by atoms with Crippen LogP contribution in [0.3, 0.4) is 0 Å². The van der Waals surface area contributed by atoms with Gasteiger partial charge in [-0.25, -0.2) is 0 Å². The third-order valence-corrected chi connectivity index (χ3v) is 7.35. The minimum atomic E-state index is 0.417. The van der Waals surface area contributed by atoms with Gasteiger partial charge < -0.3 is 14.7 Å². The Kier molecular flexibility index (Phi) is 18.1. The highest BCUT2D eigenvalue weighted by Crippen LogP contribution is 2.16. The lowest BCUT2D eigenvalue weighted by molar-refractivity contribution is -0.594. The number of hydrogen-bond donors (Lipinski definition) is 1. The average Bonchev–Trinajstić information content (AvgIpc) is 2.77. The largest absolute Gasteiger partial charge is 0.348 e. The molecule has 0 radical (unpaired) electrons. The van der Waals surface area contributed by atoms with Gasteiger partial charge in [-0.3, -0.25) is 19.8 Å². The van der Waals surface area contributed by atoms with Crippen molar-refractivity contribution in [3.63, 3.8) is 0 Å². The molecule has 0 aromatic heterocycles. The molecule has 0 atom stereocenters. The van der Waals surface area contributed by atoms with Crippen LogP contribution in [0.2, 0.25) is 0 Å². The Hall–Kier alpha value is -1.50. The van der Waals surface area contributed by atoms with Crippen LogP contribution in [-0.4, -0.2) is 118 Å². The van der Waals surface area contributed by atoms with E-state index in [2.05, 4.69) is 147 Å². The van der Waals surface area contributed by atoms with Gasteiger partial charge in [-0.2, -0.15) is 0 Å². The number of nitrogens with one attached hydrogen (secondary N) is 1. The molecule has 238 valence electrons. The number of guanidine groups is 2. The van der Waals surface area contributed by atoms with Crippen LogP contribution in [0.5, 0.6) is 0 Å². The summed E-state index contributed by atoms with van der Waals surface area (Å²) < 4.78 is 2.54. The van der Waals surface area contributed by atoms with Gasteiger partial charge in [0.2, 0.25) is 0 Å². The molecule has 0 amide bonds. The van der Waals surface area contributed by atoms with Crippen molar-refractivity contribution in [2.45, 2.75) is 172 Å². The highest BCUT2D eigenvalue weighted by molar-refractivity contribution is 5.81. The zero-order chi connectivity index (χ0) is 31.3. The van der Waals surface area contributed by atoms with Crippen molar-refractivity contribution < 1.29 is 4.58 Å². The van der Waals surface area contributed by atoms with Crippen LogP contribution in [0, 0.1) is 0 Å². The van der Waals surface area contributed by atoms with Crippen molar-refractivity contribution >= 4 is 11.9 Å². The van der Waals surface area contributed by atoms with Crippen molar-refractivity contribution in [1.82, 2.24) is 24.9 Å². The molecule has 0 spiro atoms. The summed E-state index contributed by atoms with van der Waals surface area (Å²) in [6, 6.07) is 3.45. The fourth-order valence-electron chi connectivity index (χ4n) is 6.08. The maximum Gasteiger partial charge on any atom is 0.348 e. The van der Waals surface area contributed by atoms with Gasteiger partial charge in [0, 0.05) is 37.3 Å². The number of rotatable bonds is 16. The molecule has 7 heteroatoms. The highest BCUT2D eigenvalue weighted by Gasteiger charge is 2.30. The first kappa shape index (κ1) is 38.5. The van der Waals surface area contributed by atoms with Crippen molar-refractivity contribution in [2.75, 3.05) is 33.2 Å². The predicted molar refractivity (Wildman–Crippen MR) is 179 cm³/mol.